The van der Waals surface area contributed by atoms with Gasteiger partial charge in [-0.05, 0) is 25.5 Å². The van der Waals surface area contributed by atoms with Gasteiger partial charge in [0.1, 0.15) is 0 Å². The fraction of sp³-hybridized carbons (Fsp3) is 0.400. The summed E-state index contributed by atoms with van der Waals surface area (Å²) in [5.74, 6) is 0. The van der Waals surface area contributed by atoms with E-state index < -0.39 is 4.92 Å². The van der Waals surface area contributed by atoms with E-state index in [1.165, 1.54) is 6.07 Å². The maximum absolute atomic E-state index is 10.9. The van der Waals surface area contributed by atoms with Crippen molar-refractivity contribution in [1.82, 2.24) is 4.98 Å². The molecular weight excluding hydrogens is 268 g/mol. The summed E-state index contributed by atoms with van der Waals surface area (Å²) < 4.78 is 0. The molecule has 0 bridgehead atoms. The van der Waals surface area contributed by atoms with Gasteiger partial charge in [-0.1, -0.05) is 13.3 Å². The number of hydrogen-bond donors (Lipinski definition) is 2. The smallest absolute Gasteiger partial charge is 0.270 e. The topological polar surface area (TPSA) is 94.1 Å². The lowest BCUT2D eigenvalue weighted by Crippen LogP contribution is -2.28. The lowest BCUT2D eigenvalue weighted by atomic mass is 10.1. The molecule has 0 aliphatic carbocycles. The molecule has 6 nitrogen and oxygen atoms in total. The van der Waals surface area contributed by atoms with E-state index in [4.69, 9.17) is 5.73 Å². The Morgan fingerprint density at radius 1 is 1.43 bits per heavy atom. The lowest BCUT2D eigenvalue weighted by molar-refractivity contribution is -0.384. The Hall–Kier alpha value is -2.21. The first-order chi connectivity index (χ1) is 10.0. The largest absolute Gasteiger partial charge is 0.380 e. The van der Waals surface area contributed by atoms with E-state index in [-0.39, 0.29) is 11.7 Å². The number of nitro groups is 1. The molecular formula is C15H20N4O2. The first kappa shape index (κ1) is 15.2. The fourth-order valence-corrected chi connectivity index (χ4v) is 2.40. The highest BCUT2D eigenvalue weighted by molar-refractivity contribution is 5.93. The number of anilines is 1. The van der Waals surface area contributed by atoms with E-state index in [2.05, 4.69) is 17.2 Å². The summed E-state index contributed by atoms with van der Waals surface area (Å²) in [6, 6.07) is 6.78. The first-order valence-corrected chi connectivity index (χ1v) is 7.07. The maximum Gasteiger partial charge on any atom is 0.270 e. The average Bonchev–Trinajstić information content (AvgIpc) is 2.46. The first-order valence-electron chi connectivity index (χ1n) is 7.07. The normalized spacial score (nSPS) is 12.3. The predicted molar refractivity (Wildman–Crippen MR) is 84.5 cm³/mol. The van der Waals surface area contributed by atoms with Crippen molar-refractivity contribution >= 4 is 22.3 Å². The van der Waals surface area contributed by atoms with E-state index in [0.29, 0.717) is 6.54 Å². The molecule has 0 aliphatic rings. The zero-order chi connectivity index (χ0) is 15.4. The molecule has 0 spiro atoms. The molecule has 0 aliphatic heterocycles. The van der Waals surface area contributed by atoms with E-state index in [1.807, 2.05) is 13.0 Å². The molecule has 1 aromatic carbocycles. The minimum Gasteiger partial charge on any atom is -0.380 e. The van der Waals surface area contributed by atoms with E-state index >= 15 is 0 Å². The Balaban J connectivity index is 2.49. The number of rotatable bonds is 6. The zero-order valence-electron chi connectivity index (χ0n) is 12.3. The molecule has 1 heterocycles. The SMILES string of the molecule is CCCC(CN)Nc1cc(C)nc2ccc([N+](=O)[O-])cc12. The van der Waals surface area contributed by atoms with Gasteiger partial charge in [-0.25, -0.2) is 0 Å². The Morgan fingerprint density at radius 2 is 2.19 bits per heavy atom. The number of nitrogens with two attached hydrogens (primary N) is 1. The molecule has 112 valence electrons. The summed E-state index contributed by atoms with van der Waals surface area (Å²) in [6.07, 6.45) is 1.98. The minimum absolute atomic E-state index is 0.0657. The maximum atomic E-state index is 10.9. The van der Waals surface area contributed by atoms with Crippen molar-refractivity contribution in [3.8, 4) is 0 Å². The summed E-state index contributed by atoms with van der Waals surface area (Å²) in [7, 11) is 0. The predicted octanol–water partition coefficient (Wildman–Crippen LogP) is 2.99. The molecule has 2 rings (SSSR count). The van der Waals surface area contributed by atoms with E-state index in [1.54, 1.807) is 12.1 Å². The van der Waals surface area contributed by atoms with Crippen molar-refractivity contribution in [1.29, 1.82) is 0 Å². The van der Waals surface area contributed by atoms with E-state index in [0.717, 1.165) is 35.1 Å². The zero-order valence-corrected chi connectivity index (χ0v) is 12.3. The number of nitrogens with one attached hydrogen (secondary N) is 1. The van der Waals surface area contributed by atoms with Crippen LogP contribution in [0, 0.1) is 17.0 Å². The van der Waals surface area contributed by atoms with Crippen LogP contribution < -0.4 is 11.1 Å². The van der Waals surface area contributed by atoms with Crippen LogP contribution in [-0.2, 0) is 0 Å². The van der Waals surface area contributed by atoms with Gasteiger partial charge in [0.25, 0.3) is 5.69 Å². The fourth-order valence-electron chi connectivity index (χ4n) is 2.40. The van der Waals surface area contributed by atoms with Crippen molar-refractivity contribution in [2.24, 2.45) is 5.73 Å². The molecule has 0 saturated carbocycles. The lowest BCUT2D eigenvalue weighted by Gasteiger charge is -2.19. The molecule has 0 saturated heterocycles. The molecule has 0 radical (unpaired) electrons. The van der Waals surface area contributed by atoms with Gasteiger partial charge in [-0.3, -0.25) is 15.1 Å². The quantitative estimate of drug-likeness (QED) is 0.629. The highest BCUT2D eigenvalue weighted by Gasteiger charge is 2.13. The number of benzene rings is 1. The Morgan fingerprint density at radius 3 is 2.81 bits per heavy atom. The van der Waals surface area contributed by atoms with Crippen LogP contribution in [0.5, 0.6) is 0 Å². The standard InChI is InChI=1S/C15H20N4O2/c1-3-4-11(9-16)18-15-7-10(2)17-14-6-5-12(19(20)21)8-13(14)15/h5-8,11H,3-4,9,16H2,1-2H3,(H,17,18). The number of nitrogens with zero attached hydrogens (tertiary/aromatic N) is 2. The second-order valence-electron chi connectivity index (χ2n) is 5.14. The van der Waals surface area contributed by atoms with Crippen LogP contribution in [-0.4, -0.2) is 22.5 Å². The van der Waals surface area contributed by atoms with Crippen molar-refractivity contribution < 1.29 is 4.92 Å². The van der Waals surface area contributed by atoms with Gasteiger partial charge in [-0.15, -0.1) is 0 Å². The van der Waals surface area contributed by atoms with Gasteiger partial charge in [0.15, 0.2) is 0 Å². The third kappa shape index (κ3) is 3.46. The highest BCUT2D eigenvalue weighted by atomic mass is 16.6. The minimum atomic E-state index is -0.393. The van der Waals surface area contributed by atoms with Crippen molar-refractivity contribution in [3.63, 3.8) is 0 Å². The summed E-state index contributed by atoms with van der Waals surface area (Å²) >= 11 is 0. The molecule has 21 heavy (non-hydrogen) atoms. The number of aromatic nitrogens is 1. The van der Waals surface area contributed by atoms with Crippen molar-refractivity contribution in [3.05, 3.63) is 40.1 Å². The molecule has 3 N–H and O–H groups in total. The second-order valence-corrected chi connectivity index (χ2v) is 5.14. The van der Waals surface area contributed by atoms with Gasteiger partial charge in [0.05, 0.1) is 10.4 Å². The van der Waals surface area contributed by atoms with E-state index in [9.17, 15) is 10.1 Å². The number of hydrogen-bond acceptors (Lipinski definition) is 5. The molecule has 1 aromatic heterocycles. The number of fused-ring (bicyclic) bond motifs is 1. The van der Waals surface area contributed by atoms with Gasteiger partial charge in [0.2, 0.25) is 0 Å². The van der Waals surface area contributed by atoms with Crippen molar-refractivity contribution in [2.45, 2.75) is 32.7 Å². The van der Waals surface area contributed by atoms with Crippen LogP contribution in [0.15, 0.2) is 24.3 Å². The number of pyridine rings is 1. The molecule has 1 atom stereocenters. The summed E-state index contributed by atoms with van der Waals surface area (Å²) in [4.78, 5) is 15.0. The second kappa shape index (κ2) is 6.49. The Labute approximate surface area is 123 Å². The third-order valence-electron chi connectivity index (χ3n) is 3.41. The number of non-ortho nitro benzene ring substituents is 1. The van der Waals surface area contributed by atoms with Crippen LogP contribution in [0.4, 0.5) is 11.4 Å². The Kier molecular flexibility index (Phi) is 4.70. The highest BCUT2D eigenvalue weighted by Crippen LogP contribution is 2.28. The molecule has 0 amide bonds. The summed E-state index contributed by atoms with van der Waals surface area (Å²) in [5.41, 5.74) is 8.31. The summed E-state index contributed by atoms with van der Waals surface area (Å²) in [5, 5.41) is 15.1. The van der Waals surface area contributed by atoms with Gasteiger partial charge < -0.3 is 11.1 Å². The van der Waals surface area contributed by atoms with Crippen LogP contribution in [0.3, 0.4) is 0 Å². The van der Waals surface area contributed by atoms with Gasteiger partial charge in [0, 0.05) is 41.5 Å². The van der Waals surface area contributed by atoms with Crippen LogP contribution in [0.25, 0.3) is 10.9 Å². The van der Waals surface area contributed by atoms with Crippen LogP contribution in [0.2, 0.25) is 0 Å². The third-order valence-corrected chi connectivity index (χ3v) is 3.41. The average molecular weight is 288 g/mol. The molecule has 1 unspecified atom stereocenters. The number of aryl methyl sites for hydroxylation is 1. The number of nitro benzene ring substituents is 1. The monoisotopic (exact) mass is 288 g/mol. The molecule has 0 fully saturated rings. The molecule has 6 heteroatoms. The molecule has 2 aromatic rings. The Bertz CT molecular complexity index is 657. The van der Waals surface area contributed by atoms with Gasteiger partial charge in [-0.2, -0.15) is 0 Å². The van der Waals surface area contributed by atoms with Crippen molar-refractivity contribution in [2.75, 3.05) is 11.9 Å². The van der Waals surface area contributed by atoms with Gasteiger partial charge >= 0.3 is 0 Å². The van der Waals surface area contributed by atoms with Crippen LogP contribution >= 0.6 is 0 Å². The van der Waals surface area contributed by atoms with Crippen LogP contribution in [0.1, 0.15) is 25.5 Å². The summed E-state index contributed by atoms with van der Waals surface area (Å²) in [6.45, 7) is 4.53.